The van der Waals surface area contributed by atoms with Crippen molar-refractivity contribution in [3.05, 3.63) is 42.5 Å². The first-order valence-corrected chi connectivity index (χ1v) is 6.36. The van der Waals surface area contributed by atoms with E-state index in [1.165, 1.54) is 0 Å². The minimum Gasteiger partial charge on any atom is -0.508 e. The van der Waals surface area contributed by atoms with Crippen molar-refractivity contribution in [2.24, 2.45) is 0 Å². The maximum Gasteiger partial charge on any atom is 0.116 e. The molecule has 0 amide bonds. The Kier molecular flexibility index (Phi) is 12.8. The third kappa shape index (κ3) is 12.2. The number of phenolic OH excluding ortho intramolecular Hbond substituents is 1. The van der Waals surface area contributed by atoms with Gasteiger partial charge in [-0.2, -0.15) is 0 Å². The molecule has 0 aliphatic rings. The first kappa shape index (κ1) is 21.4. The van der Waals surface area contributed by atoms with Crippen molar-refractivity contribution in [3.63, 3.8) is 0 Å². The van der Waals surface area contributed by atoms with E-state index in [2.05, 4.69) is 0 Å². The molecule has 0 aromatic heterocycles. The maximum atomic E-state index is 9.13. The van der Waals surface area contributed by atoms with Crippen LogP contribution in [0, 0.1) is 0 Å². The van der Waals surface area contributed by atoms with Crippen LogP contribution < -0.4 is 0 Å². The molecule has 2 aromatic rings. The van der Waals surface area contributed by atoms with E-state index in [1.807, 2.05) is 30.3 Å². The Bertz CT molecular complexity index is 458. The Morgan fingerprint density at radius 1 is 0.750 bits per heavy atom. The van der Waals surface area contributed by atoms with Crippen LogP contribution in [0.15, 0.2) is 42.5 Å². The van der Waals surface area contributed by atoms with Crippen LogP contribution in [0.5, 0.6) is 5.75 Å². The molecule has 4 heteroatoms. The largest absolute Gasteiger partial charge is 0.508 e. The van der Waals surface area contributed by atoms with Gasteiger partial charge in [0.1, 0.15) is 5.75 Å². The van der Waals surface area contributed by atoms with Gasteiger partial charge in [0.05, 0.1) is 0 Å². The topological polar surface area (TPSA) is 60.7 Å². The SMILES string of the molecule is CC(C)O.CC(C)O.Oc1ccc2ccccc2c1.[Ti]. The summed E-state index contributed by atoms with van der Waals surface area (Å²) in [5, 5.41) is 27.5. The number of phenols is 1. The molecule has 0 fully saturated rings. The summed E-state index contributed by atoms with van der Waals surface area (Å²) in [7, 11) is 0. The van der Waals surface area contributed by atoms with Crippen molar-refractivity contribution in [2.45, 2.75) is 39.9 Å². The number of fused-ring (bicyclic) bond motifs is 1. The summed E-state index contributed by atoms with van der Waals surface area (Å²) in [6.45, 7) is 6.89. The Morgan fingerprint density at radius 2 is 1.15 bits per heavy atom. The summed E-state index contributed by atoms with van der Waals surface area (Å²) in [4.78, 5) is 0. The van der Waals surface area contributed by atoms with Gasteiger partial charge in [0.25, 0.3) is 0 Å². The van der Waals surface area contributed by atoms with Gasteiger partial charge in [0.15, 0.2) is 0 Å². The minimum absolute atomic E-state index is 0. The van der Waals surface area contributed by atoms with Crippen LogP contribution in [-0.2, 0) is 21.7 Å². The summed E-state index contributed by atoms with van der Waals surface area (Å²) in [6, 6.07) is 13.3. The van der Waals surface area contributed by atoms with Crippen molar-refractivity contribution in [1.82, 2.24) is 0 Å². The number of hydrogen-bond acceptors (Lipinski definition) is 3. The normalized spacial score (nSPS) is 9.20. The summed E-state index contributed by atoms with van der Waals surface area (Å²) in [5.74, 6) is 0.323. The molecule has 0 bridgehead atoms. The predicted molar refractivity (Wildman–Crippen MR) is 80.3 cm³/mol. The van der Waals surface area contributed by atoms with Gasteiger partial charge in [-0.3, -0.25) is 0 Å². The van der Waals surface area contributed by atoms with Gasteiger partial charge >= 0.3 is 0 Å². The van der Waals surface area contributed by atoms with Gasteiger partial charge < -0.3 is 15.3 Å². The molecule has 0 spiro atoms. The van der Waals surface area contributed by atoms with Crippen LogP contribution in [0.3, 0.4) is 0 Å². The number of aliphatic hydroxyl groups is 2. The Morgan fingerprint density at radius 3 is 1.60 bits per heavy atom. The zero-order valence-corrected chi connectivity index (χ0v) is 14.1. The molecule has 2 rings (SSSR count). The molecule has 0 unspecified atom stereocenters. The van der Waals surface area contributed by atoms with E-state index in [-0.39, 0.29) is 33.9 Å². The fraction of sp³-hybridized carbons (Fsp3) is 0.375. The molecule has 0 radical (unpaired) electrons. The summed E-state index contributed by atoms with van der Waals surface area (Å²) in [6.07, 6.45) is -0.333. The van der Waals surface area contributed by atoms with Crippen molar-refractivity contribution in [3.8, 4) is 5.75 Å². The average Bonchev–Trinajstić information content (AvgIpc) is 2.27. The van der Waals surface area contributed by atoms with E-state index in [0.29, 0.717) is 5.75 Å². The zero-order chi connectivity index (χ0) is 14.8. The van der Waals surface area contributed by atoms with Gasteiger partial charge in [-0.05, 0) is 50.6 Å². The number of hydrogen-bond donors (Lipinski definition) is 3. The number of rotatable bonds is 0. The molecular weight excluding hydrogens is 288 g/mol. The first-order chi connectivity index (χ1) is 8.82. The van der Waals surface area contributed by atoms with Gasteiger partial charge in [0, 0.05) is 33.9 Å². The molecule has 0 saturated heterocycles. The second kappa shape index (κ2) is 11.9. The number of aromatic hydroxyl groups is 1. The van der Waals surface area contributed by atoms with Gasteiger partial charge in [-0.15, -0.1) is 0 Å². The van der Waals surface area contributed by atoms with E-state index < -0.39 is 0 Å². The molecule has 0 aliphatic carbocycles. The van der Waals surface area contributed by atoms with Gasteiger partial charge in [0.2, 0.25) is 0 Å². The van der Waals surface area contributed by atoms with Crippen LogP contribution >= 0.6 is 0 Å². The fourth-order valence-corrected chi connectivity index (χ4v) is 1.18. The molecule has 3 N–H and O–H groups in total. The molecule has 110 valence electrons. The second-order valence-electron chi connectivity index (χ2n) is 4.72. The van der Waals surface area contributed by atoms with Crippen LogP contribution in [0.25, 0.3) is 10.8 Å². The van der Waals surface area contributed by atoms with E-state index in [1.54, 1.807) is 39.8 Å². The Labute approximate surface area is 136 Å². The van der Waals surface area contributed by atoms with Crippen LogP contribution in [0.4, 0.5) is 0 Å². The van der Waals surface area contributed by atoms with Gasteiger partial charge in [-0.25, -0.2) is 0 Å². The third-order valence-corrected chi connectivity index (χ3v) is 1.73. The van der Waals surface area contributed by atoms with Crippen LogP contribution in [0.1, 0.15) is 27.7 Å². The molecule has 20 heavy (non-hydrogen) atoms. The van der Waals surface area contributed by atoms with Crippen molar-refractivity contribution in [2.75, 3.05) is 0 Å². The monoisotopic (exact) mass is 312 g/mol. The zero-order valence-electron chi connectivity index (χ0n) is 12.5. The molecular formula is C16H24O3Ti. The van der Waals surface area contributed by atoms with Crippen LogP contribution in [-0.4, -0.2) is 27.5 Å². The third-order valence-electron chi connectivity index (χ3n) is 1.73. The van der Waals surface area contributed by atoms with Crippen LogP contribution in [0.2, 0.25) is 0 Å². The first-order valence-electron chi connectivity index (χ1n) is 6.36. The standard InChI is InChI=1S/C10H8O.2C3H8O.Ti/c11-10-6-5-8-3-1-2-4-9(8)7-10;2*1-3(2)4;/h1-7,11H;2*3-4H,1-2H3;. The van der Waals surface area contributed by atoms with E-state index in [0.717, 1.165) is 10.8 Å². The summed E-state index contributed by atoms with van der Waals surface area (Å²) >= 11 is 0. The quantitative estimate of drug-likeness (QED) is 0.654. The van der Waals surface area contributed by atoms with Crippen molar-refractivity contribution < 1.29 is 37.0 Å². The summed E-state index contributed by atoms with van der Waals surface area (Å²) in [5.41, 5.74) is 0. The van der Waals surface area contributed by atoms with Gasteiger partial charge in [-0.1, -0.05) is 30.3 Å². The van der Waals surface area contributed by atoms with E-state index in [9.17, 15) is 0 Å². The number of aliphatic hydroxyl groups excluding tert-OH is 2. The van der Waals surface area contributed by atoms with Crippen molar-refractivity contribution in [1.29, 1.82) is 0 Å². The second-order valence-corrected chi connectivity index (χ2v) is 4.72. The molecule has 0 heterocycles. The molecule has 0 saturated carbocycles. The minimum atomic E-state index is -0.167. The van der Waals surface area contributed by atoms with E-state index in [4.69, 9.17) is 15.3 Å². The molecule has 2 aromatic carbocycles. The fourth-order valence-electron chi connectivity index (χ4n) is 1.18. The Balaban J connectivity index is 0. The Hall–Kier alpha value is -0.866. The van der Waals surface area contributed by atoms with E-state index >= 15 is 0 Å². The molecule has 0 aliphatic heterocycles. The number of benzene rings is 2. The summed E-state index contributed by atoms with van der Waals surface area (Å²) < 4.78 is 0. The molecule has 3 nitrogen and oxygen atoms in total. The molecule has 0 atom stereocenters. The smallest absolute Gasteiger partial charge is 0.116 e. The average molecular weight is 312 g/mol. The maximum absolute atomic E-state index is 9.13. The van der Waals surface area contributed by atoms with Crippen molar-refractivity contribution >= 4 is 10.8 Å². The predicted octanol–water partition coefficient (Wildman–Crippen LogP) is 3.32.